The van der Waals surface area contributed by atoms with Gasteiger partial charge in [-0.2, -0.15) is 4.31 Å². The molecule has 8 heteroatoms. The number of ketones is 1. The lowest BCUT2D eigenvalue weighted by Gasteiger charge is -2.18. The summed E-state index contributed by atoms with van der Waals surface area (Å²) < 4.78 is 26.3. The molecule has 0 spiro atoms. The normalized spacial score (nSPS) is 11.6. The molecular formula is C18H20Cl2N2O3S. The van der Waals surface area contributed by atoms with Crippen molar-refractivity contribution in [3.8, 4) is 0 Å². The lowest BCUT2D eigenvalue weighted by atomic mass is 10.1. The summed E-state index contributed by atoms with van der Waals surface area (Å²) in [6.45, 7) is 4.42. The zero-order valence-corrected chi connectivity index (χ0v) is 16.8. The van der Waals surface area contributed by atoms with Crippen LogP contribution < -0.4 is 5.32 Å². The molecular weight excluding hydrogens is 395 g/mol. The van der Waals surface area contributed by atoms with Crippen molar-refractivity contribution in [1.29, 1.82) is 0 Å². The number of sulfonamides is 1. The van der Waals surface area contributed by atoms with Gasteiger partial charge in [0.15, 0.2) is 5.78 Å². The van der Waals surface area contributed by atoms with Crippen LogP contribution in [-0.4, -0.2) is 38.1 Å². The van der Waals surface area contributed by atoms with E-state index in [0.717, 1.165) is 0 Å². The van der Waals surface area contributed by atoms with Crippen LogP contribution in [0.3, 0.4) is 0 Å². The number of Topliss-reactive ketones (excluding diaryl/α,β-unsaturated/α-hetero) is 1. The second-order valence-corrected chi connectivity index (χ2v) is 8.27. The average Bonchev–Trinajstić information content (AvgIpc) is 2.63. The topological polar surface area (TPSA) is 66.5 Å². The van der Waals surface area contributed by atoms with Gasteiger partial charge in [-0.25, -0.2) is 8.42 Å². The van der Waals surface area contributed by atoms with E-state index in [9.17, 15) is 13.2 Å². The minimum Gasteiger partial charge on any atom is -0.378 e. The fourth-order valence-electron chi connectivity index (χ4n) is 2.42. The van der Waals surface area contributed by atoms with Crippen LogP contribution in [0, 0.1) is 0 Å². The van der Waals surface area contributed by atoms with Crippen molar-refractivity contribution in [2.24, 2.45) is 0 Å². The van der Waals surface area contributed by atoms with Crippen LogP contribution >= 0.6 is 23.2 Å². The van der Waals surface area contributed by atoms with Crippen LogP contribution in [0.4, 0.5) is 5.69 Å². The largest absolute Gasteiger partial charge is 0.378 e. The minimum absolute atomic E-state index is 0.0557. The summed E-state index contributed by atoms with van der Waals surface area (Å²) in [5.74, 6) is -0.164. The lowest BCUT2D eigenvalue weighted by molar-refractivity contribution is 0.101. The summed E-state index contributed by atoms with van der Waals surface area (Å²) in [5, 5.41) is 3.81. The molecule has 2 aromatic rings. The van der Waals surface area contributed by atoms with Crippen LogP contribution in [0.1, 0.15) is 24.2 Å². The maximum atomic E-state index is 12.5. The Balaban J connectivity index is 2.07. The Labute approximate surface area is 164 Å². The Kier molecular flexibility index (Phi) is 7.06. The number of carbonyl (C=O) groups excluding carboxylic acids is 1. The summed E-state index contributed by atoms with van der Waals surface area (Å²) in [4.78, 5) is 12.5. The van der Waals surface area contributed by atoms with Crippen molar-refractivity contribution < 1.29 is 13.2 Å². The first-order chi connectivity index (χ1) is 12.3. The van der Waals surface area contributed by atoms with Gasteiger partial charge in [0.1, 0.15) is 0 Å². The second-order valence-electron chi connectivity index (χ2n) is 5.52. The molecule has 0 atom stereocenters. The Hall–Kier alpha value is -1.60. The molecule has 140 valence electrons. The number of nitrogens with zero attached hydrogens (tertiary/aromatic N) is 1. The Morgan fingerprint density at radius 2 is 1.62 bits per heavy atom. The molecule has 0 unspecified atom stereocenters. The SMILES string of the molecule is CCN(CC)S(=O)(=O)c1ccc(C(=O)CNc2ccc(Cl)c(Cl)c2)cc1. The highest BCUT2D eigenvalue weighted by Crippen LogP contribution is 2.25. The molecule has 0 heterocycles. The number of hydrogen-bond acceptors (Lipinski definition) is 4. The zero-order valence-electron chi connectivity index (χ0n) is 14.5. The number of nitrogens with one attached hydrogen (secondary N) is 1. The van der Waals surface area contributed by atoms with Crippen LogP contribution in [-0.2, 0) is 10.0 Å². The highest BCUT2D eigenvalue weighted by atomic mass is 35.5. The Morgan fingerprint density at radius 3 is 2.15 bits per heavy atom. The van der Waals surface area contributed by atoms with E-state index < -0.39 is 10.0 Å². The predicted octanol–water partition coefficient (Wildman–Crippen LogP) is 4.32. The molecule has 26 heavy (non-hydrogen) atoms. The van der Waals surface area contributed by atoms with E-state index in [0.29, 0.717) is 34.4 Å². The van der Waals surface area contributed by atoms with Crippen LogP contribution in [0.5, 0.6) is 0 Å². The summed E-state index contributed by atoms with van der Waals surface area (Å²) in [5.41, 5.74) is 1.10. The molecule has 0 saturated carbocycles. The van der Waals surface area contributed by atoms with Gasteiger partial charge >= 0.3 is 0 Å². The number of carbonyl (C=O) groups is 1. The molecule has 0 aliphatic heterocycles. The van der Waals surface area contributed by atoms with Gasteiger partial charge in [-0.1, -0.05) is 37.0 Å². The van der Waals surface area contributed by atoms with Gasteiger partial charge < -0.3 is 5.32 Å². The van der Waals surface area contributed by atoms with E-state index in [2.05, 4.69) is 5.32 Å². The molecule has 1 N–H and O–H groups in total. The molecule has 0 aliphatic rings. The first kappa shape index (κ1) is 20.7. The van der Waals surface area contributed by atoms with Gasteiger partial charge in [0.25, 0.3) is 0 Å². The summed E-state index contributed by atoms with van der Waals surface area (Å²) in [6, 6.07) is 11.0. The summed E-state index contributed by atoms with van der Waals surface area (Å²) >= 11 is 11.8. The third-order valence-electron chi connectivity index (χ3n) is 3.89. The van der Waals surface area contributed by atoms with Crippen molar-refractivity contribution in [3.63, 3.8) is 0 Å². The smallest absolute Gasteiger partial charge is 0.243 e. The zero-order chi connectivity index (χ0) is 19.3. The number of hydrogen-bond donors (Lipinski definition) is 1. The number of rotatable bonds is 8. The summed E-state index contributed by atoms with van der Waals surface area (Å²) in [6.07, 6.45) is 0. The second kappa shape index (κ2) is 8.86. The van der Waals surface area contributed by atoms with Crippen LogP contribution in [0.25, 0.3) is 0 Å². The quantitative estimate of drug-likeness (QED) is 0.653. The van der Waals surface area contributed by atoms with Gasteiger partial charge in [0, 0.05) is 24.3 Å². The first-order valence-corrected chi connectivity index (χ1v) is 10.3. The fraction of sp³-hybridized carbons (Fsp3) is 0.278. The van der Waals surface area contributed by atoms with E-state index in [1.807, 2.05) is 0 Å². The molecule has 2 aromatic carbocycles. The molecule has 0 fully saturated rings. The van der Waals surface area contributed by atoms with Crippen molar-refractivity contribution in [3.05, 3.63) is 58.1 Å². The summed E-state index contributed by atoms with van der Waals surface area (Å²) in [7, 11) is -3.53. The fourth-order valence-corrected chi connectivity index (χ4v) is 4.17. The van der Waals surface area contributed by atoms with Gasteiger partial charge in [-0.05, 0) is 42.5 Å². The van der Waals surface area contributed by atoms with Crippen molar-refractivity contribution in [1.82, 2.24) is 4.31 Å². The van der Waals surface area contributed by atoms with E-state index >= 15 is 0 Å². The molecule has 0 aliphatic carbocycles. The van der Waals surface area contributed by atoms with Gasteiger partial charge in [-0.3, -0.25) is 4.79 Å². The third-order valence-corrected chi connectivity index (χ3v) is 6.70. The monoisotopic (exact) mass is 414 g/mol. The molecule has 2 rings (SSSR count). The van der Waals surface area contributed by atoms with Gasteiger partial charge in [-0.15, -0.1) is 0 Å². The van der Waals surface area contributed by atoms with E-state index in [4.69, 9.17) is 23.2 Å². The maximum Gasteiger partial charge on any atom is 0.243 e. The molecule has 0 bridgehead atoms. The standard InChI is InChI=1S/C18H20Cl2N2O3S/c1-3-22(4-2)26(24,25)15-8-5-13(6-9-15)18(23)12-21-14-7-10-16(19)17(20)11-14/h5-11,21H,3-4,12H2,1-2H3. The van der Waals surface area contributed by atoms with E-state index in [-0.39, 0.29) is 17.2 Å². The number of benzene rings is 2. The van der Waals surface area contributed by atoms with Crippen molar-refractivity contribution in [2.75, 3.05) is 25.0 Å². The number of anilines is 1. The lowest BCUT2D eigenvalue weighted by Crippen LogP contribution is -2.30. The number of halogens is 2. The average molecular weight is 415 g/mol. The molecule has 0 amide bonds. The minimum atomic E-state index is -3.53. The molecule has 0 radical (unpaired) electrons. The van der Waals surface area contributed by atoms with Gasteiger partial charge in [0.05, 0.1) is 21.5 Å². The van der Waals surface area contributed by atoms with E-state index in [1.165, 1.54) is 28.6 Å². The van der Waals surface area contributed by atoms with Crippen LogP contribution in [0.2, 0.25) is 10.0 Å². The Bertz CT molecular complexity index is 880. The van der Waals surface area contributed by atoms with E-state index in [1.54, 1.807) is 32.0 Å². The maximum absolute atomic E-state index is 12.5. The molecule has 5 nitrogen and oxygen atoms in total. The van der Waals surface area contributed by atoms with Crippen molar-refractivity contribution >= 4 is 44.7 Å². The van der Waals surface area contributed by atoms with Crippen molar-refractivity contribution in [2.45, 2.75) is 18.7 Å². The molecule has 0 saturated heterocycles. The van der Waals surface area contributed by atoms with Gasteiger partial charge in [0.2, 0.25) is 10.0 Å². The molecule has 0 aromatic heterocycles. The third kappa shape index (κ3) is 4.76. The highest BCUT2D eigenvalue weighted by molar-refractivity contribution is 7.89. The Morgan fingerprint density at radius 1 is 1.00 bits per heavy atom. The highest BCUT2D eigenvalue weighted by Gasteiger charge is 2.21. The first-order valence-electron chi connectivity index (χ1n) is 8.12. The predicted molar refractivity (Wildman–Crippen MR) is 106 cm³/mol. The van der Waals surface area contributed by atoms with Crippen LogP contribution in [0.15, 0.2) is 47.4 Å².